The maximum atomic E-state index is 12.5. The van der Waals surface area contributed by atoms with Crippen LogP contribution in [0.15, 0.2) is 41.1 Å². The molecule has 3 aromatic heterocycles. The van der Waals surface area contributed by atoms with Crippen LogP contribution in [0.1, 0.15) is 27.7 Å². The van der Waals surface area contributed by atoms with E-state index in [-0.39, 0.29) is 5.91 Å². The number of nitrogens with zero attached hydrogens (tertiary/aromatic N) is 5. The highest BCUT2D eigenvalue weighted by Crippen LogP contribution is 2.11. The molecule has 1 amide bonds. The topological polar surface area (TPSA) is 83.2 Å². The highest BCUT2D eigenvalue weighted by Gasteiger charge is 2.22. The molecule has 29 heavy (non-hydrogen) atoms. The van der Waals surface area contributed by atoms with E-state index in [1.54, 1.807) is 24.5 Å². The molecule has 4 rings (SSSR count). The third kappa shape index (κ3) is 4.69. The fraction of sp³-hybridized carbons (Fsp3) is 0.300. The highest BCUT2D eigenvalue weighted by atomic mass is 32.1. The zero-order chi connectivity index (χ0) is 20.2. The van der Waals surface area contributed by atoms with Crippen molar-refractivity contribution in [2.24, 2.45) is 0 Å². The number of aryl methyl sites for hydroxylation is 1. The summed E-state index contributed by atoms with van der Waals surface area (Å²) in [4.78, 5) is 25.0. The Hall–Kier alpha value is -3.04. The van der Waals surface area contributed by atoms with E-state index in [9.17, 15) is 4.79 Å². The quantitative estimate of drug-likeness (QED) is 0.652. The van der Waals surface area contributed by atoms with E-state index in [2.05, 4.69) is 20.0 Å². The van der Waals surface area contributed by atoms with Gasteiger partial charge in [-0.1, -0.05) is 0 Å². The van der Waals surface area contributed by atoms with Crippen LogP contribution in [0.4, 0.5) is 0 Å². The minimum Gasteiger partial charge on any atom is -0.462 e. The molecule has 4 heterocycles. The summed E-state index contributed by atoms with van der Waals surface area (Å²) in [5.74, 6) is 2.36. The molecule has 1 aliphatic heterocycles. The number of piperazine rings is 1. The standard InChI is InChI=1S/C20H22N6O2S/c1-15-2-3-17(28-15)4-5-18-22-20(29)26(23-18)14-24-10-12-25(13-11-24)19(27)16-6-8-21-9-7-16/h2-9H,10-14H2,1H3,(H,22,23,29)/b5-4+. The first-order valence-electron chi connectivity index (χ1n) is 9.41. The van der Waals surface area contributed by atoms with Crippen LogP contribution in [-0.2, 0) is 6.67 Å². The van der Waals surface area contributed by atoms with E-state index in [1.807, 2.05) is 40.8 Å². The normalized spacial score (nSPS) is 15.3. The molecule has 0 aliphatic carbocycles. The smallest absolute Gasteiger partial charge is 0.254 e. The van der Waals surface area contributed by atoms with E-state index >= 15 is 0 Å². The number of aromatic nitrogens is 4. The van der Waals surface area contributed by atoms with Crippen LogP contribution in [0.5, 0.6) is 0 Å². The summed E-state index contributed by atoms with van der Waals surface area (Å²) in [5.41, 5.74) is 0.674. The Labute approximate surface area is 173 Å². The summed E-state index contributed by atoms with van der Waals surface area (Å²) in [5, 5.41) is 3.21. The first-order chi connectivity index (χ1) is 14.1. The van der Waals surface area contributed by atoms with Gasteiger partial charge in [0.2, 0.25) is 4.77 Å². The van der Waals surface area contributed by atoms with Crippen molar-refractivity contribution in [1.29, 1.82) is 0 Å². The van der Waals surface area contributed by atoms with Crippen LogP contribution in [0, 0.1) is 11.7 Å². The van der Waals surface area contributed by atoms with Crippen molar-refractivity contribution in [3.05, 3.63) is 64.3 Å². The monoisotopic (exact) mass is 410 g/mol. The van der Waals surface area contributed by atoms with Crippen molar-refractivity contribution in [3.8, 4) is 0 Å². The van der Waals surface area contributed by atoms with Gasteiger partial charge >= 0.3 is 0 Å². The molecule has 3 aromatic rings. The van der Waals surface area contributed by atoms with E-state index < -0.39 is 0 Å². The molecule has 8 nitrogen and oxygen atoms in total. The van der Waals surface area contributed by atoms with Crippen LogP contribution in [0.3, 0.4) is 0 Å². The average Bonchev–Trinajstić information content (AvgIpc) is 3.32. The maximum absolute atomic E-state index is 12.5. The molecule has 1 saturated heterocycles. The summed E-state index contributed by atoms with van der Waals surface area (Å²) in [6, 6.07) is 7.32. The van der Waals surface area contributed by atoms with Crippen molar-refractivity contribution >= 4 is 30.3 Å². The zero-order valence-corrected chi connectivity index (χ0v) is 16.9. The Morgan fingerprint density at radius 3 is 2.62 bits per heavy atom. The lowest BCUT2D eigenvalue weighted by Gasteiger charge is -2.34. The second-order valence-corrected chi connectivity index (χ2v) is 7.25. The summed E-state index contributed by atoms with van der Waals surface area (Å²) in [6.45, 7) is 5.41. The van der Waals surface area contributed by atoms with Crippen LogP contribution in [0.25, 0.3) is 12.2 Å². The van der Waals surface area contributed by atoms with Gasteiger partial charge in [-0.25, -0.2) is 4.68 Å². The summed E-state index contributed by atoms with van der Waals surface area (Å²) in [6.07, 6.45) is 6.98. The van der Waals surface area contributed by atoms with Gasteiger partial charge in [0.05, 0.1) is 6.67 Å². The summed E-state index contributed by atoms with van der Waals surface area (Å²) in [7, 11) is 0. The van der Waals surface area contributed by atoms with E-state index in [1.165, 1.54) is 0 Å². The van der Waals surface area contributed by atoms with Gasteiger partial charge in [-0.3, -0.25) is 19.8 Å². The number of aromatic amines is 1. The second-order valence-electron chi connectivity index (χ2n) is 6.89. The number of pyridine rings is 1. The third-order valence-electron chi connectivity index (χ3n) is 4.79. The highest BCUT2D eigenvalue weighted by molar-refractivity contribution is 7.71. The predicted molar refractivity (Wildman–Crippen MR) is 111 cm³/mol. The van der Waals surface area contributed by atoms with Gasteiger partial charge in [0.1, 0.15) is 17.3 Å². The molecule has 0 radical (unpaired) electrons. The van der Waals surface area contributed by atoms with Crippen molar-refractivity contribution in [2.45, 2.75) is 13.6 Å². The van der Waals surface area contributed by atoms with Gasteiger partial charge in [0.15, 0.2) is 0 Å². The third-order valence-corrected chi connectivity index (χ3v) is 5.10. The first-order valence-corrected chi connectivity index (χ1v) is 9.82. The lowest BCUT2D eigenvalue weighted by Crippen LogP contribution is -2.49. The van der Waals surface area contributed by atoms with Crippen LogP contribution in [0.2, 0.25) is 0 Å². The predicted octanol–water partition coefficient (Wildman–Crippen LogP) is 2.82. The van der Waals surface area contributed by atoms with Crippen molar-refractivity contribution in [1.82, 2.24) is 29.5 Å². The SMILES string of the molecule is Cc1ccc(/C=C/c2nc(=S)n(CN3CCN(C(=O)c4ccncc4)CC3)[nH]2)o1. The minimum atomic E-state index is 0.0470. The van der Waals surface area contributed by atoms with Gasteiger partial charge in [-0.15, -0.1) is 0 Å². The van der Waals surface area contributed by atoms with E-state index in [4.69, 9.17) is 16.6 Å². The molecule has 0 bridgehead atoms. The molecule has 1 fully saturated rings. The van der Waals surface area contributed by atoms with Crippen LogP contribution < -0.4 is 0 Å². The number of rotatable bonds is 5. The second kappa shape index (κ2) is 8.54. The van der Waals surface area contributed by atoms with Crippen molar-refractivity contribution < 1.29 is 9.21 Å². The number of amides is 1. The van der Waals surface area contributed by atoms with E-state index in [0.29, 0.717) is 35.9 Å². The van der Waals surface area contributed by atoms with Gasteiger partial charge < -0.3 is 9.32 Å². The number of furan rings is 1. The van der Waals surface area contributed by atoms with Crippen LogP contribution in [-0.4, -0.2) is 61.6 Å². The van der Waals surface area contributed by atoms with Crippen molar-refractivity contribution in [3.63, 3.8) is 0 Å². The minimum absolute atomic E-state index is 0.0470. The fourth-order valence-electron chi connectivity index (χ4n) is 3.22. The molecule has 0 atom stereocenters. The Morgan fingerprint density at radius 2 is 1.93 bits per heavy atom. The first kappa shape index (κ1) is 19.3. The van der Waals surface area contributed by atoms with Gasteiger partial charge in [0, 0.05) is 44.1 Å². The number of H-pyrrole nitrogens is 1. The Bertz CT molecular complexity index is 1060. The van der Waals surface area contributed by atoms with Crippen molar-refractivity contribution in [2.75, 3.05) is 26.2 Å². The van der Waals surface area contributed by atoms with Gasteiger partial charge in [0.25, 0.3) is 5.91 Å². The molecular formula is C20H22N6O2S. The molecule has 0 unspecified atom stereocenters. The van der Waals surface area contributed by atoms with Gasteiger partial charge in [-0.05, 0) is 55.6 Å². The Balaban J connectivity index is 1.34. The zero-order valence-electron chi connectivity index (χ0n) is 16.1. The molecule has 9 heteroatoms. The molecule has 0 saturated carbocycles. The van der Waals surface area contributed by atoms with Crippen LogP contribution >= 0.6 is 12.2 Å². The number of carbonyl (C=O) groups is 1. The number of nitrogens with one attached hydrogen (secondary N) is 1. The Morgan fingerprint density at radius 1 is 1.17 bits per heavy atom. The molecule has 0 aromatic carbocycles. The molecular weight excluding hydrogens is 388 g/mol. The fourth-order valence-corrected chi connectivity index (χ4v) is 3.42. The van der Waals surface area contributed by atoms with E-state index in [0.717, 1.165) is 24.6 Å². The average molecular weight is 411 g/mol. The molecule has 150 valence electrons. The lowest BCUT2D eigenvalue weighted by atomic mass is 10.2. The summed E-state index contributed by atoms with van der Waals surface area (Å²) < 4.78 is 7.85. The molecule has 1 N–H and O–H groups in total. The molecule has 1 aliphatic rings. The number of hydrogen-bond donors (Lipinski definition) is 1. The number of hydrogen-bond acceptors (Lipinski definition) is 6. The summed E-state index contributed by atoms with van der Waals surface area (Å²) >= 11 is 5.37. The Kier molecular flexibility index (Phi) is 5.68. The molecule has 0 spiro atoms. The number of carbonyl (C=O) groups excluding carboxylic acids is 1. The van der Waals surface area contributed by atoms with Gasteiger partial charge in [-0.2, -0.15) is 4.98 Å². The maximum Gasteiger partial charge on any atom is 0.254 e. The largest absolute Gasteiger partial charge is 0.462 e. The lowest BCUT2D eigenvalue weighted by molar-refractivity contribution is 0.0585.